The number of benzene rings is 2. The highest BCUT2D eigenvalue weighted by Crippen LogP contribution is 2.26. The average molecular weight is 410 g/mol. The molecule has 0 unspecified atom stereocenters. The number of likely N-dealkylation sites (N-methyl/N-ethyl adjacent to an activating group) is 1. The highest BCUT2D eigenvalue weighted by molar-refractivity contribution is 5.78. The predicted octanol–water partition coefficient (Wildman–Crippen LogP) is 2.41. The number of methoxy groups -OCH3 is 1. The van der Waals surface area contributed by atoms with Crippen molar-refractivity contribution in [3.8, 4) is 11.5 Å². The molecule has 0 spiro atoms. The summed E-state index contributed by atoms with van der Waals surface area (Å²) in [5.41, 5.74) is 3.79. The molecule has 0 atom stereocenters. The lowest BCUT2D eigenvalue weighted by Gasteiger charge is -2.35. The Morgan fingerprint density at radius 1 is 1.03 bits per heavy atom. The average Bonchev–Trinajstić information content (AvgIpc) is 3.23. The zero-order chi connectivity index (χ0) is 20.9. The van der Waals surface area contributed by atoms with E-state index in [0.717, 1.165) is 62.8 Å². The second kappa shape index (κ2) is 9.49. The van der Waals surface area contributed by atoms with E-state index in [9.17, 15) is 4.79 Å². The monoisotopic (exact) mass is 409 g/mol. The maximum absolute atomic E-state index is 12.7. The molecule has 0 bridgehead atoms. The molecule has 2 aromatic rings. The summed E-state index contributed by atoms with van der Waals surface area (Å²) in [5, 5.41) is 0. The lowest BCUT2D eigenvalue weighted by atomic mass is 10.1. The molecule has 2 aromatic carbocycles. The molecule has 1 fully saturated rings. The number of nitrogens with zero attached hydrogens (tertiary/aromatic N) is 3. The minimum Gasteiger partial charge on any atom is -0.497 e. The SMILES string of the molecule is COc1ccc(CN(C)C(=O)CN2CCN(Cc3ccc4c(c3)CCO4)CC2)cc1. The molecule has 1 amide bonds. The van der Waals surface area contributed by atoms with Crippen LogP contribution in [0.1, 0.15) is 16.7 Å². The summed E-state index contributed by atoms with van der Waals surface area (Å²) in [5.74, 6) is 2.04. The van der Waals surface area contributed by atoms with Crippen LogP contribution in [0.3, 0.4) is 0 Å². The van der Waals surface area contributed by atoms with Gasteiger partial charge in [0.15, 0.2) is 0 Å². The van der Waals surface area contributed by atoms with Gasteiger partial charge in [0.2, 0.25) is 5.91 Å². The number of fused-ring (bicyclic) bond motifs is 1. The lowest BCUT2D eigenvalue weighted by Crippen LogP contribution is -2.49. The highest BCUT2D eigenvalue weighted by Gasteiger charge is 2.21. The van der Waals surface area contributed by atoms with Crippen molar-refractivity contribution in [3.63, 3.8) is 0 Å². The van der Waals surface area contributed by atoms with Crippen LogP contribution >= 0.6 is 0 Å². The fraction of sp³-hybridized carbons (Fsp3) is 0.458. The second-order valence-corrected chi connectivity index (χ2v) is 8.19. The Morgan fingerprint density at radius 2 is 1.73 bits per heavy atom. The Balaban J connectivity index is 1.21. The van der Waals surface area contributed by atoms with Crippen molar-refractivity contribution in [1.82, 2.24) is 14.7 Å². The quantitative estimate of drug-likeness (QED) is 0.703. The summed E-state index contributed by atoms with van der Waals surface area (Å²) in [6.07, 6.45) is 1.02. The molecule has 2 aliphatic heterocycles. The van der Waals surface area contributed by atoms with Gasteiger partial charge in [-0.3, -0.25) is 14.6 Å². The van der Waals surface area contributed by atoms with Crippen LogP contribution in [0.4, 0.5) is 0 Å². The molecular weight excluding hydrogens is 378 g/mol. The van der Waals surface area contributed by atoms with Crippen LogP contribution in [-0.4, -0.2) is 74.1 Å². The van der Waals surface area contributed by atoms with E-state index in [-0.39, 0.29) is 5.91 Å². The number of piperazine rings is 1. The van der Waals surface area contributed by atoms with Crippen LogP contribution in [0.5, 0.6) is 11.5 Å². The van der Waals surface area contributed by atoms with E-state index >= 15 is 0 Å². The third kappa shape index (κ3) is 5.12. The summed E-state index contributed by atoms with van der Waals surface area (Å²) in [6.45, 7) is 6.70. The summed E-state index contributed by atoms with van der Waals surface area (Å²) in [6, 6.07) is 14.4. The van der Waals surface area contributed by atoms with Crippen molar-refractivity contribution < 1.29 is 14.3 Å². The van der Waals surface area contributed by atoms with Crippen molar-refractivity contribution in [3.05, 3.63) is 59.2 Å². The molecule has 30 heavy (non-hydrogen) atoms. The third-order valence-electron chi connectivity index (χ3n) is 5.99. The van der Waals surface area contributed by atoms with Gasteiger partial charge >= 0.3 is 0 Å². The molecule has 6 nitrogen and oxygen atoms in total. The molecule has 0 N–H and O–H groups in total. The van der Waals surface area contributed by atoms with Gasteiger partial charge in [0.1, 0.15) is 11.5 Å². The summed E-state index contributed by atoms with van der Waals surface area (Å²) in [4.78, 5) is 19.2. The van der Waals surface area contributed by atoms with Gasteiger partial charge in [0.05, 0.1) is 20.3 Å². The van der Waals surface area contributed by atoms with Crippen molar-refractivity contribution in [1.29, 1.82) is 0 Å². The number of amides is 1. The summed E-state index contributed by atoms with van der Waals surface area (Å²) in [7, 11) is 3.53. The third-order valence-corrected chi connectivity index (χ3v) is 5.99. The molecule has 1 saturated heterocycles. The van der Waals surface area contributed by atoms with Gasteiger partial charge in [-0.15, -0.1) is 0 Å². The molecule has 0 aliphatic carbocycles. The van der Waals surface area contributed by atoms with Gasteiger partial charge in [-0.25, -0.2) is 0 Å². The van der Waals surface area contributed by atoms with Crippen LogP contribution < -0.4 is 9.47 Å². The van der Waals surface area contributed by atoms with Crippen LogP contribution in [-0.2, 0) is 24.3 Å². The Bertz CT molecular complexity index is 860. The molecule has 160 valence electrons. The van der Waals surface area contributed by atoms with Crippen LogP contribution in [0.2, 0.25) is 0 Å². The second-order valence-electron chi connectivity index (χ2n) is 8.19. The first-order valence-corrected chi connectivity index (χ1v) is 10.7. The molecule has 2 heterocycles. The Kier molecular flexibility index (Phi) is 6.55. The predicted molar refractivity (Wildman–Crippen MR) is 117 cm³/mol. The standard InChI is InChI=1S/C24H31N3O3/c1-25(16-19-3-6-22(29-2)7-4-19)24(28)18-27-12-10-26(11-13-27)17-20-5-8-23-21(15-20)9-14-30-23/h3-8,15H,9-14,16-18H2,1-2H3. The maximum Gasteiger partial charge on any atom is 0.236 e. The van der Waals surface area contributed by atoms with E-state index in [1.165, 1.54) is 11.1 Å². The number of carbonyl (C=O) groups is 1. The van der Waals surface area contributed by atoms with Crippen LogP contribution in [0, 0.1) is 0 Å². The Labute approximate surface area is 179 Å². The minimum absolute atomic E-state index is 0.165. The lowest BCUT2D eigenvalue weighted by molar-refractivity contribution is -0.132. The molecule has 6 heteroatoms. The van der Waals surface area contributed by atoms with Crippen molar-refractivity contribution >= 4 is 5.91 Å². The zero-order valence-corrected chi connectivity index (χ0v) is 18.0. The van der Waals surface area contributed by atoms with E-state index in [1.807, 2.05) is 31.3 Å². The van der Waals surface area contributed by atoms with E-state index in [4.69, 9.17) is 9.47 Å². The van der Waals surface area contributed by atoms with Gasteiger partial charge in [-0.1, -0.05) is 24.3 Å². The largest absolute Gasteiger partial charge is 0.497 e. The molecule has 0 saturated carbocycles. The molecule has 2 aliphatic rings. The molecular formula is C24H31N3O3. The van der Waals surface area contributed by atoms with E-state index in [0.29, 0.717) is 13.1 Å². The minimum atomic E-state index is 0.165. The van der Waals surface area contributed by atoms with Crippen molar-refractivity contribution in [2.45, 2.75) is 19.5 Å². The van der Waals surface area contributed by atoms with Crippen LogP contribution in [0.25, 0.3) is 0 Å². The number of hydrogen-bond donors (Lipinski definition) is 0. The molecule has 0 aromatic heterocycles. The first-order chi connectivity index (χ1) is 14.6. The van der Waals surface area contributed by atoms with E-state index < -0.39 is 0 Å². The first-order valence-electron chi connectivity index (χ1n) is 10.7. The van der Waals surface area contributed by atoms with Gasteiger partial charge in [0.25, 0.3) is 0 Å². The van der Waals surface area contributed by atoms with Gasteiger partial charge < -0.3 is 14.4 Å². The molecule has 0 radical (unpaired) electrons. The number of ether oxygens (including phenoxy) is 2. The van der Waals surface area contributed by atoms with Crippen LogP contribution in [0.15, 0.2) is 42.5 Å². The topological polar surface area (TPSA) is 45.2 Å². The summed E-state index contributed by atoms with van der Waals surface area (Å²) >= 11 is 0. The fourth-order valence-corrected chi connectivity index (χ4v) is 4.11. The zero-order valence-electron chi connectivity index (χ0n) is 18.0. The number of carbonyl (C=O) groups excluding carboxylic acids is 1. The normalized spacial score (nSPS) is 16.7. The van der Waals surface area contributed by atoms with Gasteiger partial charge in [-0.2, -0.15) is 0 Å². The van der Waals surface area contributed by atoms with Gasteiger partial charge in [0, 0.05) is 52.7 Å². The van der Waals surface area contributed by atoms with Crippen molar-refractivity contribution in [2.24, 2.45) is 0 Å². The summed E-state index contributed by atoms with van der Waals surface area (Å²) < 4.78 is 10.8. The Hall–Kier alpha value is -2.57. The first kappa shape index (κ1) is 20.7. The Morgan fingerprint density at radius 3 is 2.47 bits per heavy atom. The van der Waals surface area contributed by atoms with E-state index in [2.05, 4.69) is 28.0 Å². The molecule has 4 rings (SSSR count). The maximum atomic E-state index is 12.7. The highest BCUT2D eigenvalue weighted by atomic mass is 16.5. The number of hydrogen-bond acceptors (Lipinski definition) is 5. The van der Waals surface area contributed by atoms with E-state index in [1.54, 1.807) is 12.0 Å². The van der Waals surface area contributed by atoms with Gasteiger partial charge in [-0.05, 0) is 34.9 Å². The smallest absolute Gasteiger partial charge is 0.236 e. The van der Waals surface area contributed by atoms with Crippen molar-refractivity contribution in [2.75, 3.05) is 53.5 Å². The fourth-order valence-electron chi connectivity index (χ4n) is 4.11. The number of rotatable bonds is 7.